The molecule has 0 bridgehead atoms. The van der Waals surface area contributed by atoms with Crippen LogP contribution in [0.5, 0.6) is 0 Å². The Morgan fingerprint density at radius 2 is 1.85 bits per heavy atom. The van der Waals surface area contributed by atoms with Gasteiger partial charge in [-0.15, -0.1) is 10.2 Å². The van der Waals surface area contributed by atoms with Gasteiger partial charge in [0.2, 0.25) is 5.16 Å². The largest absolute Gasteiger partial charge is 0.324 e. The van der Waals surface area contributed by atoms with Crippen LogP contribution in [0.2, 0.25) is 0 Å². The molecule has 2 aromatic carbocycles. The van der Waals surface area contributed by atoms with Crippen LogP contribution in [0.1, 0.15) is 29.8 Å². The fourth-order valence-electron chi connectivity index (χ4n) is 3.22. The Morgan fingerprint density at radius 1 is 1.11 bits per heavy atom. The summed E-state index contributed by atoms with van der Waals surface area (Å²) in [4.78, 5) is 17.4. The van der Waals surface area contributed by atoms with E-state index in [1.54, 1.807) is 0 Å². The Hall–Kier alpha value is -2.73. The molecule has 0 aliphatic rings. The van der Waals surface area contributed by atoms with Crippen molar-refractivity contribution in [3.63, 3.8) is 0 Å². The van der Waals surface area contributed by atoms with Crippen LogP contribution in [0.25, 0.3) is 22.1 Å². The average molecular weight is 376 g/mol. The predicted molar refractivity (Wildman–Crippen MR) is 109 cm³/mol. The van der Waals surface area contributed by atoms with Crippen molar-refractivity contribution in [2.45, 2.75) is 37.7 Å². The second kappa shape index (κ2) is 7.12. The van der Waals surface area contributed by atoms with E-state index in [2.05, 4.69) is 27.8 Å². The summed E-state index contributed by atoms with van der Waals surface area (Å²) in [6, 6.07) is 15.8. The number of hydrogen-bond acceptors (Lipinski definition) is 5. The molecule has 0 fully saturated rings. The molecule has 136 valence electrons. The number of aryl methyl sites for hydroxylation is 2. The average Bonchev–Trinajstić information content (AvgIpc) is 3.01. The molecule has 0 N–H and O–H groups in total. The first-order valence-corrected chi connectivity index (χ1v) is 9.85. The molecule has 4 rings (SSSR count). The van der Waals surface area contributed by atoms with Gasteiger partial charge < -0.3 is 4.57 Å². The predicted octanol–water partition coefficient (Wildman–Crippen LogP) is 4.67. The Morgan fingerprint density at radius 3 is 2.59 bits per heavy atom. The highest BCUT2D eigenvalue weighted by molar-refractivity contribution is 8.00. The lowest BCUT2D eigenvalue weighted by molar-refractivity contribution is 0.0994. The Balaban J connectivity index is 1.67. The van der Waals surface area contributed by atoms with Gasteiger partial charge in [-0.25, -0.2) is 4.98 Å². The molecule has 0 aliphatic carbocycles. The van der Waals surface area contributed by atoms with E-state index in [4.69, 9.17) is 4.98 Å². The minimum atomic E-state index is -0.286. The summed E-state index contributed by atoms with van der Waals surface area (Å²) >= 11 is 1.35. The van der Waals surface area contributed by atoms with Crippen molar-refractivity contribution in [2.24, 2.45) is 0 Å². The molecule has 0 radical (unpaired) electrons. The molecule has 0 unspecified atom stereocenters. The Labute approximate surface area is 161 Å². The summed E-state index contributed by atoms with van der Waals surface area (Å²) in [7, 11) is 0. The summed E-state index contributed by atoms with van der Waals surface area (Å²) in [5, 5.41) is 9.97. The normalized spacial score (nSPS) is 12.6. The number of nitrogens with zero attached hydrogens (tertiary/aromatic N) is 4. The molecule has 0 saturated heterocycles. The van der Waals surface area contributed by atoms with Gasteiger partial charge in [0, 0.05) is 17.5 Å². The van der Waals surface area contributed by atoms with Crippen molar-refractivity contribution >= 4 is 39.6 Å². The first-order chi connectivity index (χ1) is 13.1. The van der Waals surface area contributed by atoms with Crippen LogP contribution in [0.3, 0.4) is 0 Å². The van der Waals surface area contributed by atoms with E-state index in [1.165, 1.54) is 11.8 Å². The Kier molecular flexibility index (Phi) is 4.66. The van der Waals surface area contributed by atoms with Crippen LogP contribution in [0.4, 0.5) is 0 Å². The number of fused-ring (bicyclic) bond motifs is 3. The van der Waals surface area contributed by atoms with Gasteiger partial charge in [0.25, 0.3) is 0 Å². The zero-order valence-corrected chi connectivity index (χ0v) is 16.3. The number of thioether (sulfide) groups is 1. The number of carbonyl (C=O) groups excluding carboxylic acids is 1. The van der Waals surface area contributed by atoms with Crippen LogP contribution in [-0.2, 0) is 6.54 Å². The standard InChI is InChI=1S/C21H20N4OS/c1-4-25-17-8-6-5-7-16(17)18-20(25)22-21(24-23-18)27-14(3)19(26)15-11-9-13(2)10-12-15/h5-12,14H,4H2,1-3H3/t14-/m0/s1. The van der Waals surface area contributed by atoms with Crippen LogP contribution in [0, 0.1) is 6.92 Å². The van der Waals surface area contributed by atoms with Crippen molar-refractivity contribution in [2.75, 3.05) is 0 Å². The number of carbonyl (C=O) groups is 1. The molecule has 2 aromatic heterocycles. The highest BCUT2D eigenvalue weighted by atomic mass is 32.2. The SMILES string of the molecule is CCn1c2ccccc2c2nnc(S[C@@H](C)C(=O)c3ccc(C)cc3)nc21. The van der Waals surface area contributed by atoms with Crippen molar-refractivity contribution in [3.05, 3.63) is 59.7 Å². The number of Topliss-reactive ketones (excluding diaryl/α,β-unsaturated/α-hetero) is 1. The van der Waals surface area contributed by atoms with Crippen molar-refractivity contribution in [1.29, 1.82) is 0 Å². The maximum Gasteiger partial charge on any atom is 0.211 e. The van der Waals surface area contributed by atoms with E-state index >= 15 is 0 Å². The second-order valence-electron chi connectivity index (χ2n) is 6.52. The summed E-state index contributed by atoms with van der Waals surface area (Å²) in [5.74, 6) is 0.0692. The first kappa shape index (κ1) is 17.7. The number of hydrogen-bond donors (Lipinski definition) is 0. The van der Waals surface area contributed by atoms with E-state index in [-0.39, 0.29) is 11.0 Å². The van der Waals surface area contributed by atoms with Crippen LogP contribution >= 0.6 is 11.8 Å². The lowest BCUT2D eigenvalue weighted by Gasteiger charge is -2.09. The molecule has 4 aromatic rings. The zero-order valence-electron chi connectivity index (χ0n) is 15.5. The zero-order chi connectivity index (χ0) is 19.0. The fraction of sp³-hybridized carbons (Fsp3) is 0.238. The number of rotatable bonds is 5. The van der Waals surface area contributed by atoms with Crippen molar-refractivity contribution in [1.82, 2.24) is 19.7 Å². The highest BCUT2D eigenvalue weighted by Crippen LogP contribution is 2.28. The van der Waals surface area contributed by atoms with E-state index < -0.39 is 0 Å². The van der Waals surface area contributed by atoms with Crippen molar-refractivity contribution in [3.8, 4) is 0 Å². The van der Waals surface area contributed by atoms with E-state index in [1.807, 2.05) is 56.3 Å². The molecule has 6 heteroatoms. The molecule has 0 spiro atoms. The summed E-state index contributed by atoms with van der Waals surface area (Å²) in [6.07, 6.45) is 0. The molecule has 0 aliphatic heterocycles. The van der Waals surface area contributed by atoms with Gasteiger partial charge in [-0.05, 0) is 26.8 Å². The molecular formula is C21H20N4OS. The van der Waals surface area contributed by atoms with E-state index in [0.717, 1.165) is 34.2 Å². The van der Waals surface area contributed by atoms with E-state index in [0.29, 0.717) is 10.7 Å². The van der Waals surface area contributed by atoms with E-state index in [9.17, 15) is 4.79 Å². The molecular weight excluding hydrogens is 356 g/mol. The van der Waals surface area contributed by atoms with Gasteiger partial charge in [0.05, 0.1) is 10.8 Å². The monoisotopic (exact) mass is 376 g/mol. The summed E-state index contributed by atoms with van der Waals surface area (Å²) < 4.78 is 2.13. The minimum Gasteiger partial charge on any atom is -0.324 e. The number of ketones is 1. The lowest BCUT2D eigenvalue weighted by atomic mass is 10.1. The summed E-state index contributed by atoms with van der Waals surface area (Å²) in [6.45, 7) is 6.78. The molecule has 27 heavy (non-hydrogen) atoms. The second-order valence-corrected chi connectivity index (χ2v) is 7.83. The third kappa shape index (κ3) is 3.21. The topological polar surface area (TPSA) is 60.7 Å². The van der Waals surface area contributed by atoms with Gasteiger partial charge in [0.15, 0.2) is 11.4 Å². The first-order valence-electron chi connectivity index (χ1n) is 8.97. The van der Waals surface area contributed by atoms with Crippen LogP contribution in [0.15, 0.2) is 53.7 Å². The van der Waals surface area contributed by atoms with Gasteiger partial charge in [-0.1, -0.05) is 59.8 Å². The van der Waals surface area contributed by atoms with Gasteiger partial charge >= 0.3 is 0 Å². The highest BCUT2D eigenvalue weighted by Gasteiger charge is 2.20. The molecule has 1 atom stereocenters. The molecule has 0 amide bonds. The van der Waals surface area contributed by atoms with Gasteiger partial charge in [-0.3, -0.25) is 4.79 Å². The molecule has 0 saturated carbocycles. The summed E-state index contributed by atoms with van der Waals surface area (Å²) in [5.41, 5.74) is 4.55. The number of aromatic nitrogens is 4. The van der Waals surface area contributed by atoms with Crippen LogP contribution < -0.4 is 0 Å². The van der Waals surface area contributed by atoms with Crippen molar-refractivity contribution < 1.29 is 4.79 Å². The fourth-order valence-corrected chi connectivity index (χ4v) is 4.01. The smallest absolute Gasteiger partial charge is 0.211 e. The minimum absolute atomic E-state index is 0.0692. The molecule has 2 heterocycles. The lowest BCUT2D eigenvalue weighted by Crippen LogP contribution is -2.14. The maximum atomic E-state index is 12.7. The maximum absolute atomic E-state index is 12.7. The van der Waals surface area contributed by atoms with Gasteiger partial charge in [-0.2, -0.15) is 0 Å². The number of benzene rings is 2. The number of para-hydroxylation sites is 1. The quantitative estimate of drug-likeness (QED) is 0.374. The third-order valence-corrected chi connectivity index (χ3v) is 5.61. The third-order valence-electron chi connectivity index (χ3n) is 4.66. The Bertz CT molecular complexity index is 1130. The van der Waals surface area contributed by atoms with Gasteiger partial charge in [0.1, 0.15) is 5.52 Å². The van der Waals surface area contributed by atoms with Crippen LogP contribution in [-0.4, -0.2) is 30.8 Å². The molecule has 5 nitrogen and oxygen atoms in total.